The average molecular weight is 781 g/mol. The van der Waals surface area contributed by atoms with E-state index >= 15 is 13.2 Å². The van der Waals surface area contributed by atoms with Crippen molar-refractivity contribution in [3.63, 3.8) is 0 Å². The van der Waals surface area contributed by atoms with Gasteiger partial charge in [0.15, 0.2) is 0 Å². The van der Waals surface area contributed by atoms with Gasteiger partial charge >= 0.3 is 30.1 Å². The SMILES string of the molecule is O=C(O)c1ccc(C2=CC(c3cc(-c4ccc(C(=O)O)cc4)cc(-c4ccc(C(=O)O)cc4)c3)C(C(F)(F)F)=CC2(C(=O)O)c2cccc(-c3ccccc3)c2)cc1. The van der Waals surface area contributed by atoms with Gasteiger partial charge < -0.3 is 20.4 Å². The predicted octanol–water partition coefficient (Wildman–Crippen LogP) is 10.5. The van der Waals surface area contributed by atoms with Crippen LogP contribution >= 0.6 is 0 Å². The molecule has 0 bridgehead atoms. The van der Waals surface area contributed by atoms with Gasteiger partial charge in [0.1, 0.15) is 5.41 Å². The number of carboxylic acids is 4. The highest BCUT2D eigenvalue weighted by atomic mass is 19.4. The standard InChI is InChI=1S/C47H31F3O8/c48-47(49,50)41-26-46(45(57)58,38-8-4-7-34(24-38)27-5-2-1-3-6-27)40(30-13-19-33(20-14-30)44(55)56)25-39(41)37-22-35(28-9-15-31(16-10-28)42(51)52)21-36(23-37)29-11-17-32(18-12-29)43(53)54/h1-26,39H,(H,51,52)(H,53,54)(H,55,56)(H,57,58). The molecule has 288 valence electrons. The molecule has 0 saturated carbocycles. The first-order chi connectivity index (χ1) is 27.6. The summed E-state index contributed by atoms with van der Waals surface area (Å²) < 4.78 is 46.9. The maximum Gasteiger partial charge on any atom is 0.413 e. The van der Waals surface area contributed by atoms with Crippen molar-refractivity contribution in [3.05, 3.63) is 197 Å². The third-order valence-electron chi connectivity index (χ3n) is 10.2. The van der Waals surface area contributed by atoms with E-state index in [9.17, 15) is 39.6 Å². The second-order valence-electron chi connectivity index (χ2n) is 13.7. The number of benzene rings is 6. The fraction of sp³-hybridized carbons (Fsp3) is 0.0638. The van der Waals surface area contributed by atoms with Crippen LogP contribution in [0.25, 0.3) is 39.0 Å². The van der Waals surface area contributed by atoms with Gasteiger partial charge in [0.2, 0.25) is 0 Å². The third kappa shape index (κ3) is 7.40. The summed E-state index contributed by atoms with van der Waals surface area (Å²) in [4.78, 5) is 48.8. The molecule has 0 spiro atoms. The van der Waals surface area contributed by atoms with Crippen LogP contribution in [0, 0.1) is 0 Å². The lowest BCUT2D eigenvalue weighted by Gasteiger charge is -2.38. The van der Waals surface area contributed by atoms with Crippen molar-refractivity contribution in [1.82, 2.24) is 0 Å². The number of rotatable bonds is 10. The summed E-state index contributed by atoms with van der Waals surface area (Å²) in [6.45, 7) is 0. The van der Waals surface area contributed by atoms with Crippen molar-refractivity contribution in [3.8, 4) is 33.4 Å². The normalized spacial score (nSPS) is 16.5. The number of alkyl halides is 3. The molecule has 2 unspecified atom stereocenters. The second-order valence-corrected chi connectivity index (χ2v) is 13.7. The van der Waals surface area contributed by atoms with Gasteiger partial charge in [-0.25, -0.2) is 14.4 Å². The lowest BCUT2D eigenvalue weighted by Crippen LogP contribution is -2.40. The molecule has 1 aliphatic rings. The first-order valence-electron chi connectivity index (χ1n) is 17.7. The Morgan fingerprint density at radius 2 is 0.931 bits per heavy atom. The molecule has 0 aliphatic heterocycles. The first kappa shape index (κ1) is 38.7. The van der Waals surface area contributed by atoms with Crippen LogP contribution in [0.2, 0.25) is 0 Å². The van der Waals surface area contributed by atoms with Crippen LogP contribution in [0.15, 0.2) is 163 Å². The Bertz CT molecular complexity index is 2570. The third-order valence-corrected chi connectivity index (χ3v) is 10.2. The summed E-state index contributed by atoms with van der Waals surface area (Å²) in [5.74, 6) is -6.82. The minimum Gasteiger partial charge on any atom is -0.480 e. The molecule has 0 radical (unpaired) electrons. The van der Waals surface area contributed by atoms with Crippen molar-refractivity contribution < 1.29 is 52.8 Å². The molecule has 0 aromatic heterocycles. The predicted molar refractivity (Wildman–Crippen MR) is 211 cm³/mol. The van der Waals surface area contributed by atoms with Crippen molar-refractivity contribution in [2.45, 2.75) is 17.5 Å². The average Bonchev–Trinajstić information content (AvgIpc) is 3.23. The van der Waals surface area contributed by atoms with E-state index in [2.05, 4.69) is 0 Å². The molecular formula is C47H31F3O8. The zero-order valence-corrected chi connectivity index (χ0v) is 30.1. The maximum atomic E-state index is 15.6. The highest BCUT2D eigenvalue weighted by molar-refractivity contribution is 6.03. The molecule has 4 N–H and O–H groups in total. The number of aliphatic carboxylic acids is 1. The lowest BCUT2D eigenvalue weighted by atomic mass is 9.64. The summed E-state index contributed by atoms with van der Waals surface area (Å²) >= 11 is 0. The molecule has 1 aliphatic carbocycles. The zero-order chi connectivity index (χ0) is 41.4. The van der Waals surface area contributed by atoms with E-state index in [-0.39, 0.29) is 39.0 Å². The number of halogens is 3. The number of aromatic carboxylic acids is 3. The second kappa shape index (κ2) is 15.2. The Hall–Kier alpha value is -7.53. The Kier molecular flexibility index (Phi) is 10.1. The number of carbonyl (C=O) groups is 4. The summed E-state index contributed by atoms with van der Waals surface area (Å²) in [5, 5.41) is 39.8. The van der Waals surface area contributed by atoms with E-state index in [0.29, 0.717) is 33.4 Å². The fourth-order valence-corrected chi connectivity index (χ4v) is 7.33. The molecular weight excluding hydrogens is 750 g/mol. The maximum absolute atomic E-state index is 15.6. The van der Waals surface area contributed by atoms with Gasteiger partial charge in [-0.3, -0.25) is 4.79 Å². The molecule has 7 rings (SSSR count). The van der Waals surface area contributed by atoms with Crippen molar-refractivity contribution in [2.75, 3.05) is 0 Å². The van der Waals surface area contributed by atoms with Crippen LogP contribution < -0.4 is 0 Å². The molecule has 11 heteroatoms. The molecule has 6 aromatic carbocycles. The van der Waals surface area contributed by atoms with Gasteiger partial charge in [-0.15, -0.1) is 0 Å². The first-order valence-corrected chi connectivity index (χ1v) is 17.7. The summed E-state index contributed by atoms with van der Waals surface area (Å²) in [5.41, 5.74) is -0.473. The molecule has 0 amide bonds. The van der Waals surface area contributed by atoms with Crippen LogP contribution in [0.4, 0.5) is 13.2 Å². The Labute approximate surface area is 329 Å². The number of allylic oxidation sites excluding steroid dienone is 2. The van der Waals surface area contributed by atoms with Crippen molar-refractivity contribution in [2.24, 2.45) is 0 Å². The highest BCUT2D eigenvalue weighted by Crippen LogP contribution is 2.53. The lowest BCUT2D eigenvalue weighted by molar-refractivity contribution is -0.140. The molecule has 0 fully saturated rings. The highest BCUT2D eigenvalue weighted by Gasteiger charge is 2.51. The minimum atomic E-state index is -5.07. The van der Waals surface area contributed by atoms with E-state index < -0.39 is 47.0 Å². The topological polar surface area (TPSA) is 149 Å². The Morgan fingerprint density at radius 3 is 1.38 bits per heavy atom. The van der Waals surface area contributed by atoms with Crippen molar-refractivity contribution in [1.29, 1.82) is 0 Å². The zero-order valence-electron chi connectivity index (χ0n) is 30.1. The largest absolute Gasteiger partial charge is 0.480 e. The number of hydrogen-bond donors (Lipinski definition) is 4. The summed E-state index contributed by atoms with van der Waals surface area (Å²) in [6, 6.07) is 36.7. The van der Waals surface area contributed by atoms with Crippen molar-refractivity contribution >= 4 is 29.5 Å². The summed E-state index contributed by atoms with van der Waals surface area (Å²) in [6.07, 6.45) is -3.08. The molecule has 0 heterocycles. The molecule has 2 atom stereocenters. The van der Waals surface area contributed by atoms with Crippen LogP contribution in [0.1, 0.15) is 53.7 Å². The number of carboxylic acid groups (broad SMARTS) is 4. The Balaban J connectivity index is 1.51. The van der Waals surface area contributed by atoms with Crippen LogP contribution in [-0.4, -0.2) is 50.5 Å². The van der Waals surface area contributed by atoms with E-state index in [1.54, 1.807) is 48.5 Å². The van der Waals surface area contributed by atoms with E-state index in [0.717, 1.165) is 6.08 Å². The van der Waals surface area contributed by atoms with Crippen LogP contribution in [-0.2, 0) is 10.2 Å². The van der Waals surface area contributed by atoms with Gasteiger partial charge in [-0.2, -0.15) is 13.2 Å². The van der Waals surface area contributed by atoms with Crippen LogP contribution in [0.3, 0.4) is 0 Å². The van der Waals surface area contributed by atoms with E-state index in [4.69, 9.17) is 0 Å². The van der Waals surface area contributed by atoms with E-state index in [1.165, 1.54) is 103 Å². The van der Waals surface area contributed by atoms with Gasteiger partial charge in [0.05, 0.1) is 16.7 Å². The smallest absolute Gasteiger partial charge is 0.413 e. The van der Waals surface area contributed by atoms with Gasteiger partial charge in [-0.1, -0.05) is 103 Å². The number of hydrogen-bond acceptors (Lipinski definition) is 4. The quantitative estimate of drug-likeness (QED) is 0.100. The Morgan fingerprint density at radius 1 is 0.483 bits per heavy atom. The monoisotopic (exact) mass is 780 g/mol. The molecule has 58 heavy (non-hydrogen) atoms. The summed E-state index contributed by atoms with van der Waals surface area (Å²) in [7, 11) is 0. The van der Waals surface area contributed by atoms with Crippen LogP contribution in [0.5, 0.6) is 0 Å². The minimum absolute atomic E-state index is 0.0122. The van der Waals surface area contributed by atoms with Gasteiger partial charge in [0.25, 0.3) is 0 Å². The molecule has 6 aromatic rings. The van der Waals surface area contributed by atoms with Gasteiger partial charge in [0, 0.05) is 11.5 Å². The molecule has 8 nitrogen and oxygen atoms in total. The van der Waals surface area contributed by atoms with Gasteiger partial charge in [-0.05, 0) is 110 Å². The fourth-order valence-electron chi connectivity index (χ4n) is 7.33. The molecule has 0 saturated heterocycles. The van der Waals surface area contributed by atoms with E-state index in [1.807, 2.05) is 0 Å².